The van der Waals surface area contributed by atoms with Gasteiger partial charge in [-0.3, -0.25) is 4.79 Å². The smallest absolute Gasteiger partial charge is 0.408 e. The molecule has 1 heterocycles. The van der Waals surface area contributed by atoms with E-state index in [0.29, 0.717) is 5.57 Å². The van der Waals surface area contributed by atoms with Crippen molar-refractivity contribution in [2.24, 2.45) is 0 Å². The lowest BCUT2D eigenvalue weighted by Gasteiger charge is -2.23. The fourth-order valence-corrected chi connectivity index (χ4v) is 2.47. The fraction of sp³-hybridized carbons (Fsp3) is 0.467. The first-order valence-electron chi connectivity index (χ1n) is 6.55. The van der Waals surface area contributed by atoms with Crippen LogP contribution in [0.3, 0.4) is 0 Å². The van der Waals surface area contributed by atoms with Crippen molar-refractivity contribution in [2.75, 3.05) is 0 Å². The maximum atomic E-state index is 11.9. The van der Waals surface area contributed by atoms with Gasteiger partial charge >= 0.3 is 6.09 Å². The van der Waals surface area contributed by atoms with Crippen molar-refractivity contribution in [1.29, 1.82) is 0 Å². The molecule has 1 N–H and O–H groups in total. The van der Waals surface area contributed by atoms with E-state index in [4.69, 9.17) is 4.74 Å². The Morgan fingerprint density at radius 1 is 1.50 bits per heavy atom. The summed E-state index contributed by atoms with van der Waals surface area (Å²) in [6.07, 6.45) is 2.80. The Balaban J connectivity index is 2.92. The summed E-state index contributed by atoms with van der Waals surface area (Å²) >= 11 is 1.49. The minimum atomic E-state index is -0.570. The molecule has 1 aromatic heterocycles. The number of amides is 1. The highest BCUT2D eigenvalue weighted by atomic mass is 32.1. The summed E-state index contributed by atoms with van der Waals surface area (Å²) in [5.74, 6) is 0. The van der Waals surface area contributed by atoms with Crippen LogP contribution >= 0.6 is 11.3 Å². The molecular formula is C15H21NO3S. The van der Waals surface area contributed by atoms with Crippen LogP contribution in [0.5, 0.6) is 0 Å². The number of hydrogen-bond donors (Lipinski definition) is 1. The summed E-state index contributed by atoms with van der Waals surface area (Å²) in [6, 6.07) is 3.32. The van der Waals surface area contributed by atoms with Crippen LogP contribution in [0, 0.1) is 0 Å². The van der Waals surface area contributed by atoms with Gasteiger partial charge in [-0.25, -0.2) is 4.79 Å². The van der Waals surface area contributed by atoms with Crippen molar-refractivity contribution in [3.63, 3.8) is 0 Å². The van der Waals surface area contributed by atoms with E-state index in [9.17, 15) is 9.59 Å². The first-order chi connectivity index (χ1) is 9.37. The molecule has 0 aliphatic heterocycles. The predicted molar refractivity (Wildman–Crippen MR) is 80.9 cm³/mol. The van der Waals surface area contributed by atoms with E-state index in [1.54, 1.807) is 20.8 Å². The normalized spacial score (nSPS) is 13.7. The Hall–Kier alpha value is -1.62. The molecule has 0 saturated heterocycles. The van der Waals surface area contributed by atoms with Crippen LogP contribution in [-0.2, 0) is 9.53 Å². The molecule has 0 aliphatic carbocycles. The molecular weight excluding hydrogens is 274 g/mol. The number of rotatable bonds is 5. The Morgan fingerprint density at radius 2 is 2.20 bits per heavy atom. The van der Waals surface area contributed by atoms with Crippen LogP contribution in [0.2, 0.25) is 0 Å². The molecule has 0 saturated carbocycles. The number of allylic oxidation sites excluding steroid dienone is 1. The monoisotopic (exact) mass is 295 g/mol. The minimum Gasteiger partial charge on any atom is -0.444 e. The predicted octanol–water partition coefficient (Wildman–Crippen LogP) is 3.85. The van der Waals surface area contributed by atoms with Gasteiger partial charge in [0.15, 0.2) is 0 Å². The number of thiophene rings is 1. The SMILES string of the molecule is CC/C=C(\C=O)[C@H](NC(=O)OC(C)(C)C)c1cccs1. The first-order valence-corrected chi connectivity index (χ1v) is 7.43. The van der Waals surface area contributed by atoms with Gasteiger partial charge < -0.3 is 10.1 Å². The number of alkyl carbamates (subject to hydrolysis) is 1. The van der Waals surface area contributed by atoms with Gasteiger partial charge in [0.2, 0.25) is 0 Å². The van der Waals surface area contributed by atoms with Crippen molar-refractivity contribution < 1.29 is 14.3 Å². The molecule has 0 spiro atoms. The van der Waals surface area contributed by atoms with Crippen molar-refractivity contribution in [3.05, 3.63) is 34.0 Å². The molecule has 0 radical (unpaired) electrons. The van der Waals surface area contributed by atoms with E-state index in [1.807, 2.05) is 30.5 Å². The molecule has 20 heavy (non-hydrogen) atoms. The van der Waals surface area contributed by atoms with Crippen LogP contribution in [0.15, 0.2) is 29.2 Å². The maximum Gasteiger partial charge on any atom is 0.408 e. The Bertz CT molecular complexity index is 472. The molecule has 1 rings (SSSR count). The summed E-state index contributed by atoms with van der Waals surface area (Å²) in [6.45, 7) is 7.35. The molecule has 0 bridgehead atoms. The molecule has 0 fully saturated rings. The number of hydrogen-bond acceptors (Lipinski definition) is 4. The van der Waals surface area contributed by atoms with Crippen LogP contribution in [0.25, 0.3) is 0 Å². The average molecular weight is 295 g/mol. The van der Waals surface area contributed by atoms with Gasteiger partial charge in [-0.15, -0.1) is 11.3 Å². The highest BCUT2D eigenvalue weighted by Crippen LogP contribution is 2.25. The molecule has 4 nitrogen and oxygen atoms in total. The third-order valence-electron chi connectivity index (χ3n) is 2.40. The Kier molecular flexibility index (Phi) is 5.95. The molecule has 1 aromatic rings. The lowest BCUT2D eigenvalue weighted by molar-refractivity contribution is -0.105. The highest BCUT2D eigenvalue weighted by Gasteiger charge is 2.23. The van der Waals surface area contributed by atoms with E-state index in [-0.39, 0.29) is 0 Å². The third-order valence-corrected chi connectivity index (χ3v) is 3.34. The van der Waals surface area contributed by atoms with Gasteiger partial charge in [0, 0.05) is 10.5 Å². The first kappa shape index (κ1) is 16.4. The minimum absolute atomic E-state index is 0.456. The van der Waals surface area contributed by atoms with Gasteiger partial charge in [-0.1, -0.05) is 19.1 Å². The standard InChI is InChI=1S/C15H21NO3S/c1-5-7-11(10-17)13(12-8-6-9-20-12)16-14(18)19-15(2,3)4/h6-10,13H,5H2,1-4H3,(H,16,18)/b11-7+/t13-/m0/s1. The molecule has 1 amide bonds. The number of nitrogens with one attached hydrogen (secondary N) is 1. The highest BCUT2D eigenvalue weighted by molar-refractivity contribution is 7.10. The van der Waals surface area contributed by atoms with E-state index < -0.39 is 17.7 Å². The largest absolute Gasteiger partial charge is 0.444 e. The lowest BCUT2D eigenvalue weighted by Crippen LogP contribution is -2.35. The number of aldehydes is 1. The zero-order valence-corrected chi connectivity index (χ0v) is 13.1. The lowest BCUT2D eigenvalue weighted by atomic mass is 10.1. The maximum absolute atomic E-state index is 11.9. The van der Waals surface area contributed by atoms with Crippen LogP contribution in [-0.4, -0.2) is 18.0 Å². The summed E-state index contributed by atoms with van der Waals surface area (Å²) < 4.78 is 5.25. The third kappa shape index (κ3) is 5.17. The van der Waals surface area contributed by atoms with Crippen LogP contribution in [0.4, 0.5) is 4.79 Å². The summed E-state index contributed by atoms with van der Waals surface area (Å²) in [5.41, 5.74) is -0.0271. The van der Waals surface area contributed by atoms with Gasteiger partial charge in [-0.2, -0.15) is 0 Å². The fourth-order valence-electron chi connectivity index (χ4n) is 1.67. The summed E-state index contributed by atoms with van der Waals surface area (Å²) in [4.78, 5) is 24.1. The molecule has 0 unspecified atom stereocenters. The second-order valence-corrected chi connectivity index (χ2v) is 6.30. The second kappa shape index (κ2) is 7.24. The zero-order valence-electron chi connectivity index (χ0n) is 12.3. The van der Waals surface area contributed by atoms with Crippen molar-refractivity contribution in [1.82, 2.24) is 5.32 Å². The van der Waals surface area contributed by atoms with Crippen LogP contribution < -0.4 is 5.32 Å². The van der Waals surface area contributed by atoms with Crippen molar-refractivity contribution in [2.45, 2.75) is 45.8 Å². The molecule has 110 valence electrons. The van der Waals surface area contributed by atoms with Crippen molar-refractivity contribution in [3.8, 4) is 0 Å². The number of carbonyl (C=O) groups is 2. The number of carbonyl (C=O) groups excluding carboxylic acids is 2. The van der Waals surface area contributed by atoms with Gasteiger partial charge in [-0.05, 0) is 38.6 Å². The topological polar surface area (TPSA) is 55.4 Å². The Labute approximate surface area is 123 Å². The summed E-state index contributed by atoms with van der Waals surface area (Å²) in [5, 5.41) is 4.67. The Morgan fingerprint density at radius 3 is 2.65 bits per heavy atom. The molecule has 0 aromatic carbocycles. The van der Waals surface area contributed by atoms with E-state index in [2.05, 4.69) is 5.32 Å². The summed E-state index contributed by atoms with van der Waals surface area (Å²) in [7, 11) is 0. The van der Waals surface area contributed by atoms with E-state index in [1.165, 1.54) is 11.3 Å². The van der Waals surface area contributed by atoms with Gasteiger partial charge in [0.05, 0.1) is 6.04 Å². The average Bonchev–Trinajstić information content (AvgIpc) is 2.84. The second-order valence-electron chi connectivity index (χ2n) is 5.32. The molecule has 1 atom stereocenters. The van der Waals surface area contributed by atoms with E-state index in [0.717, 1.165) is 17.6 Å². The van der Waals surface area contributed by atoms with Gasteiger partial charge in [0.25, 0.3) is 0 Å². The number of ether oxygens (including phenoxy) is 1. The molecule has 0 aliphatic rings. The van der Waals surface area contributed by atoms with E-state index >= 15 is 0 Å². The van der Waals surface area contributed by atoms with Crippen LogP contribution in [0.1, 0.15) is 45.0 Å². The quantitative estimate of drug-likeness (QED) is 0.663. The molecule has 5 heteroatoms. The zero-order chi connectivity index (χ0) is 15.2. The van der Waals surface area contributed by atoms with Gasteiger partial charge in [0.1, 0.15) is 11.9 Å². The van der Waals surface area contributed by atoms with Crippen molar-refractivity contribution >= 4 is 23.7 Å².